The molecule has 31 heavy (non-hydrogen) atoms. The predicted molar refractivity (Wildman–Crippen MR) is 116 cm³/mol. The number of rotatable bonds is 5. The second-order valence-corrected chi connectivity index (χ2v) is 10.1. The number of carbonyl (C=O) groups is 3. The van der Waals surface area contributed by atoms with Crippen LogP contribution in [0.25, 0.3) is 0 Å². The van der Waals surface area contributed by atoms with E-state index in [0.29, 0.717) is 17.9 Å². The molecule has 6 rings (SSSR count). The second-order valence-electron chi connectivity index (χ2n) is 10.1. The van der Waals surface area contributed by atoms with Crippen molar-refractivity contribution in [2.75, 3.05) is 25.0 Å². The highest BCUT2D eigenvalue weighted by molar-refractivity contribution is 5.99. The van der Waals surface area contributed by atoms with Gasteiger partial charge in [0.1, 0.15) is 5.75 Å². The van der Waals surface area contributed by atoms with Crippen LogP contribution in [0.15, 0.2) is 24.3 Å². The smallest absolute Gasteiger partial charge is 0.262 e. The third kappa shape index (κ3) is 3.90. The van der Waals surface area contributed by atoms with Crippen molar-refractivity contribution in [3.8, 4) is 5.75 Å². The molecule has 1 aromatic rings. The van der Waals surface area contributed by atoms with Gasteiger partial charge in [-0.05, 0) is 73.8 Å². The van der Waals surface area contributed by atoms with Crippen LogP contribution in [0.3, 0.4) is 0 Å². The zero-order chi connectivity index (χ0) is 21.6. The Morgan fingerprint density at radius 3 is 2.35 bits per heavy atom. The molecular weight excluding hydrogens is 394 g/mol. The highest BCUT2D eigenvalue weighted by Gasteiger charge is 2.51. The van der Waals surface area contributed by atoms with Crippen LogP contribution in [-0.4, -0.2) is 44.0 Å². The summed E-state index contributed by atoms with van der Waals surface area (Å²) < 4.78 is 5.76. The summed E-state index contributed by atoms with van der Waals surface area (Å²) in [6.45, 7) is 0.0559. The molecule has 0 spiro atoms. The van der Waals surface area contributed by atoms with E-state index < -0.39 is 6.10 Å². The Hall–Kier alpha value is -2.57. The van der Waals surface area contributed by atoms with Gasteiger partial charge in [0.15, 0.2) is 6.10 Å². The van der Waals surface area contributed by atoms with Gasteiger partial charge in [-0.1, -0.05) is 12.1 Å². The minimum atomic E-state index is -0.772. The number of ether oxygens (including phenoxy) is 1. The third-order valence-corrected chi connectivity index (χ3v) is 7.75. The summed E-state index contributed by atoms with van der Waals surface area (Å²) >= 11 is 0. The SMILES string of the molecule is CNC(=O)[C@@H]1CN(C(=O)CNC(=O)CC23CC4CC(CC(C4)C2)C3)c2ccccc2O1. The molecule has 5 aliphatic rings. The summed E-state index contributed by atoms with van der Waals surface area (Å²) in [5.74, 6) is 2.35. The van der Waals surface area contributed by atoms with Crippen LogP contribution < -0.4 is 20.3 Å². The average molecular weight is 426 g/mol. The molecule has 2 N–H and O–H groups in total. The van der Waals surface area contributed by atoms with E-state index in [1.54, 1.807) is 30.1 Å². The number of fused-ring (bicyclic) bond motifs is 1. The van der Waals surface area contributed by atoms with E-state index in [4.69, 9.17) is 4.74 Å². The predicted octanol–water partition coefficient (Wildman–Crippen LogP) is 2.25. The van der Waals surface area contributed by atoms with E-state index in [9.17, 15) is 14.4 Å². The fraction of sp³-hybridized carbons (Fsp3) is 0.625. The first-order valence-corrected chi connectivity index (χ1v) is 11.5. The zero-order valence-corrected chi connectivity index (χ0v) is 18.1. The molecule has 4 saturated carbocycles. The molecule has 4 bridgehead atoms. The van der Waals surface area contributed by atoms with Crippen LogP contribution in [0.5, 0.6) is 5.75 Å². The van der Waals surface area contributed by atoms with Gasteiger partial charge in [-0.3, -0.25) is 14.4 Å². The first-order chi connectivity index (χ1) is 14.9. The Kier molecular flexibility index (Phi) is 5.15. The van der Waals surface area contributed by atoms with Crippen LogP contribution in [-0.2, 0) is 14.4 Å². The van der Waals surface area contributed by atoms with Gasteiger partial charge in [-0.2, -0.15) is 0 Å². The van der Waals surface area contributed by atoms with Crippen molar-refractivity contribution < 1.29 is 19.1 Å². The molecule has 166 valence electrons. The van der Waals surface area contributed by atoms with Crippen LogP contribution in [0, 0.1) is 23.2 Å². The monoisotopic (exact) mass is 425 g/mol. The summed E-state index contributed by atoms with van der Waals surface area (Å²) in [7, 11) is 1.54. The van der Waals surface area contributed by atoms with Gasteiger partial charge in [0, 0.05) is 13.5 Å². The van der Waals surface area contributed by atoms with Gasteiger partial charge < -0.3 is 20.3 Å². The summed E-state index contributed by atoms with van der Waals surface area (Å²) in [4.78, 5) is 39.5. The Morgan fingerprint density at radius 2 is 1.71 bits per heavy atom. The second kappa shape index (κ2) is 7.84. The number of benzene rings is 1. The molecule has 1 heterocycles. The number of nitrogens with one attached hydrogen (secondary N) is 2. The molecule has 0 radical (unpaired) electrons. The average Bonchev–Trinajstić information content (AvgIpc) is 2.74. The van der Waals surface area contributed by atoms with Crippen molar-refractivity contribution in [1.29, 1.82) is 0 Å². The molecular formula is C24H31N3O4. The minimum absolute atomic E-state index is 0.0281. The van der Waals surface area contributed by atoms with Gasteiger partial charge in [-0.25, -0.2) is 0 Å². The lowest BCUT2D eigenvalue weighted by Gasteiger charge is -2.56. The summed E-state index contributed by atoms with van der Waals surface area (Å²) in [5.41, 5.74) is 0.778. The quantitative estimate of drug-likeness (QED) is 0.758. The van der Waals surface area contributed by atoms with E-state index in [0.717, 1.165) is 17.8 Å². The Bertz CT molecular complexity index is 863. The standard InChI is InChI=1S/C24H31N3O4/c1-25-23(30)20-14-27(18-4-2-3-5-19(18)31-20)22(29)13-26-21(28)12-24-9-15-6-16(10-24)8-17(7-15)11-24/h2-5,15-17,20H,6-14H2,1H3,(H,25,30)(H,26,28)/t15?,16?,17?,20-,24?/m0/s1. The molecule has 3 amide bonds. The first-order valence-electron chi connectivity index (χ1n) is 11.5. The Morgan fingerprint density at radius 1 is 1.06 bits per heavy atom. The van der Waals surface area contributed by atoms with E-state index in [2.05, 4.69) is 10.6 Å². The van der Waals surface area contributed by atoms with Crippen LogP contribution in [0.2, 0.25) is 0 Å². The maximum Gasteiger partial charge on any atom is 0.262 e. The number of hydrogen-bond acceptors (Lipinski definition) is 4. The summed E-state index contributed by atoms with van der Waals surface area (Å²) in [6, 6.07) is 7.18. The molecule has 1 aromatic carbocycles. The molecule has 4 fully saturated rings. The normalized spacial score (nSPS) is 32.7. The van der Waals surface area contributed by atoms with Crippen molar-refractivity contribution in [1.82, 2.24) is 10.6 Å². The fourth-order valence-electron chi connectivity index (χ4n) is 6.95. The van der Waals surface area contributed by atoms with E-state index in [1.807, 2.05) is 6.07 Å². The van der Waals surface area contributed by atoms with Gasteiger partial charge in [0.05, 0.1) is 18.8 Å². The van der Waals surface area contributed by atoms with E-state index in [-0.39, 0.29) is 36.2 Å². The molecule has 0 aromatic heterocycles. The Labute approximate surface area is 182 Å². The van der Waals surface area contributed by atoms with Gasteiger partial charge in [0.2, 0.25) is 11.8 Å². The number of likely N-dealkylation sites (N-methyl/N-ethyl adjacent to an activating group) is 1. The van der Waals surface area contributed by atoms with E-state index >= 15 is 0 Å². The van der Waals surface area contributed by atoms with Crippen LogP contribution in [0.1, 0.15) is 44.9 Å². The molecule has 0 saturated heterocycles. The zero-order valence-electron chi connectivity index (χ0n) is 18.1. The van der Waals surface area contributed by atoms with Crippen LogP contribution in [0.4, 0.5) is 5.69 Å². The number of anilines is 1. The number of nitrogens with zero attached hydrogens (tertiary/aromatic N) is 1. The number of para-hydroxylation sites is 2. The summed E-state index contributed by atoms with van der Waals surface area (Å²) in [5, 5.41) is 5.45. The van der Waals surface area contributed by atoms with Crippen molar-refractivity contribution in [3.05, 3.63) is 24.3 Å². The highest BCUT2D eigenvalue weighted by atomic mass is 16.5. The Balaban J connectivity index is 1.22. The highest BCUT2D eigenvalue weighted by Crippen LogP contribution is 2.61. The minimum Gasteiger partial charge on any atom is -0.477 e. The fourth-order valence-corrected chi connectivity index (χ4v) is 6.95. The molecule has 7 nitrogen and oxygen atoms in total. The molecule has 4 aliphatic carbocycles. The van der Waals surface area contributed by atoms with E-state index in [1.165, 1.54) is 38.5 Å². The lowest BCUT2D eigenvalue weighted by Crippen LogP contribution is -2.52. The van der Waals surface area contributed by atoms with Crippen LogP contribution >= 0.6 is 0 Å². The first kappa shape index (κ1) is 20.3. The van der Waals surface area contributed by atoms with Gasteiger partial charge in [0.25, 0.3) is 5.91 Å². The topological polar surface area (TPSA) is 87.7 Å². The summed E-state index contributed by atoms with van der Waals surface area (Å²) in [6.07, 6.45) is 7.32. The molecule has 1 atom stereocenters. The lowest BCUT2D eigenvalue weighted by atomic mass is 9.49. The van der Waals surface area contributed by atoms with Crippen molar-refractivity contribution in [2.45, 2.75) is 51.0 Å². The van der Waals surface area contributed by atoms with Gasteiger partial charge >= 0.3 is 0 Å². The largest absolute Gasteiger partial charge is 0.477 e. The molecule has 7 heteroatoms. The number of carbonyl (C=O) groups excluding carboxylic acids is 3. The number of amides is 3. The maximum atomic E-state index is 13.0. The molecule has 0 unspecified atom stereocenters. The number of hydrogen-bond donors (Lipinski definition) is 2. The molecule has 1 aliphatic heterocycles. The van der Waals surface area contributed by atoms with Crippen molar-refractivity contribution >= 4 is 23.4 Å². The third-order valence-electron chi connectivity index (χ3n) is 7.75. The van der Waals surface area contributed by atoms with Crippen molar-refractivity contribution in [2.24, 2.45) is 23.2 Å². The maximum absolute atomic E-state index is 13.0. The van der Waals surface area contributed by atoms with Crippen molar-refractivity contribution in [3.63, 3.8) is 0 Å². The van der Waals surface area contributed by atoms with Gasteiger partial charge in [-0.15, -0.1) is 0 Å². The lowest BCUT2D eigenvalue weighted by molar-refractivity contribution is -0.132.